The smallest absolute Gasteiger partial charge is 0.407 e. The Kier molecular flexibility index (Phi) is 11.0. The van der Waals surface area contributed by atoms with Crippen LogP contribution in [-0.4, -0.2) is 83.9 Å². The minimum Gasteiger partial charge on any atom is -0.447 e. The number of rotatable bonds is 14. The predicted octanol–water partition coefficient (Wildman–Crippen LogP) is 2.14. The number of amides is 6. The first-order valence-electron chi connectivity index (χ1n) is 16.7. The van der Waals surface area contributed by atoms with Gasteiger partial charge in [-0.25, -0.2) is 9.59 Å². The lowest BCUT2D eigenvalue weighted by Gasteiger charge is -2.36. The number of carbonyl (C=O) groups excluding carboxylic acids is 6. The zero-order valence-corrected chi connectivity index (χ0v) is 27.9. The quantitative estimate of drug-likeness (QED) is 0.141. The second-order valence-electron chi connectivity index (χ2n) is 14.6. The molecule has 0 aromatic carbocycles. The van der Waals surface area contributed by atoms with Gasteiger partial charge in [0.25, 0.3) is 5.91 Å². The van der Waals surface area contributed by atoms with Crippen LogP contribution in [0.1, 0.15) is 86.0 Å². The Morgan fingerprint density at radius 1 is 0.935 bits per heavy atom. The van der Waals surface area contributed by atoms with Gasteiger partial charge in [0.15, 0.2) is 0 Å². The predicted molar refractivity (Wildman–Crippen MR) is 170 cm³/mol. The summed E-state index contributed by atoms with van der Waals surface area (Å²) >= 11 is 0. The van der Waals surface area contributed by atoms with E-state index in [-0.39, 0.29) is 47.6 Å². The number of primary amides is 1. The lowest BCUT2D eigenvalue weighted by molar-refractivity contribution is -0.144. The van der Waals surface area contributed by atoms with Crippen LogP contribution in [0, 0.1) is 29.1 Å². The number of alkyl carbamates (subject to hydrolysis) is 1. The highest BCUT2D eigenvalue weighted by Crippen LogP contribution is 2.65. The second kappa shape index (κ2) is 14.4. The number of hydrogen-bond donors (Lipinski definition) is 5. The van der Waals surface area contributed by atoms with Gasteiger partial charge >= 0.3 is 12.1 Å². The number of ether oxygens (including phenoxy) is 1. The number of nitrogens with zero attached hydrogens (tertiary/aromatic N) is 1. The van der Waals surface area contributed by atoms with Crippen molar-refractivity contribution in [2.24, 2.45) is 34.8 Å². The highest BCUT2D eigenvalue weighted by Gasteiger charge is 2.69. The average molecular weight is 645 g/mol. The molecule has 0 radical (unpaired) electrons. The molecule has 0 aromatic heterocycles. The van der Waals surface area contributed by atoms with Crippen molar-refractivity contribution in [2.75, 3.05) is 13.2 Å². The van der Waals surface area contributed by atoms with E-state index in [2.05, 4.69) is 41.7 Å². The first-order chi connectivity index (χ1) is 21.6. The molecule has 6 amide bonds. The van der Waals surface area contributed by atoms with Crippen LogP contribution in [0.25, 0.3) is 0 Å². The van der Waals surface area contributed by atoms with E-state index in [9.17, 15) is 28.8 Å². The Morgan fingerprint density at radius 3 is 2.13 bits per heavy atom. The molecule has 3 saturated carbocycles. The topological polar surface area (TPSA) is 189 Å². The van der Waals surface area contributed by atoms with Crippen molar-refractivity contribution in [3.05, 3.63) is 12.2 Å². The number of fused-ring (bicyclic) bond motifs is 1. The van der Waals surface area contributed by atoms with Crippen molar-refractivity contribution >= 4 is 35.6 Å². The van der Waals surface area contributed by atoms with Gasteiger partial charge in [0, 0.05) is 12.6 Å². The molecule has 13 nitrogen and oxygen atoms in total. The van der Waals surface area contributed by atoms with Gasteiger partial charge in [-0.3, -0.25) is 19.2 Å². The molecule has 6 atom stereocenters. The Morgan fingerprint density at radius 2 is 1.59 bits per heavy atom. The lowest BCUT2D eigenvalue weighted by atomic mass is 9.80. The van der Waals surface area contributed by atoms with Crippen LogP contribution >= 0.6 is 0 Å². The zero-order valence-electron chi connectivity index (χ0n) is 27.9. The molecule has 0 bridgehead atoms. The number of hydrogen-bond acceptors (Lipinski definition) is 7. The standard InChI is InChI=1S/C33H52N6O7/c1-17(2)23(16-46-32(45)35-18(3)4)37-31(44)38-25(20-12-7-8-13-20)30(43)39-15-21-24(33(21,5)6)26(39)29(42)36-22(27(40)28(34)41)14-19-10-9-11-19/h18-26H,1,7-16H2,2-6H3,(H2,34,41)(H,35,45)(H,36,42)(H2,37,38,44)/t21-,22?,23+,24-,25-,26-/m0/s1. The lowest BCUT2D eigenvalue weighted by Crippen LogP contribution is -2.60. The number of nitrogens with one attached hydrogen (secondary N) is 4. The normalized spacial score (nSPS) is 25.3. The summed E-state index contributed by atoms with van der Waals surface area (Å²) in [7, 11) is 0. The number of ketones is 1. The maximum Gasteiger partial charge on any atom is 0.407 e. The molecule has 4 fully saturated rings. The van der Waals surface area contributed by atoms with Crippen LogP contribution in [0.4, 0.5) is 9.59 Å². The van der Waals surface area contributed by atoms with Gasteiger partial charge in [-0.15, -0.1) is 0 Å². The zero-order chi connectivity index (χ0) is 33.9. The second-order valence-corrected chi connectivity index (χ2v) is 14.6. The van der Waals surface area contributed by atoms with E-state index in [0.29, 0.717) is 18.5 Å². The number of nitrogens with two attached hydrogens (primary N) is 1. The summed E-state index contributed by atoms with van der Waals surface area (Å²) in [5, 5.41) is 11.1. The Balaban J connectivity index is 1.49. The highest BCUT2D eigenvalue weighted by molar-refractivity contribution is 6.37. The van der Waals surface area contributed by atoms with Gasteiger partial charge in [0.1, 0.15) is 18.7 Å². The van der Waals surface area contributed by atoms with Crippen LogP contribution in [0.15, 0.2) is 12.2 Å². The van der Waals surface area contributed by atoms with E-state index < -0.39 is 53.9 Å². The first-order valence-corrected chi connectivity index (χ1v) is 16.7. The van der Waals surface area contributed by atoms with E-state index in [0.717, 1.165) is 44.9 Å². The van der Waals surface area contributed by atoms with Gasteiger partial charge in [0.2, 0.25) is 17.6 Å². The summed E-state index contributed by atoms with van der Waals surface area (Å²) in [6, 6.07) is -4.17. The molecule has 13 heteroatoms. The summed E-state index contributed by atoms with van der Waals surface area (Å²) in [5.41, 5.74) is 5.72. The summed E-state index contributed by atoms with van der Waals surface area (Å²) in [5.74, 6) is -2.67. The van der Waals surface area contributed by atoms with E-state index in [4.69, 9.17) is 10.5 Å². The number of carbonyl (C=O) groups is 6. The molecule has 0 spiro atoms. The van der Waals surface area contributed by atoms with Gasteiger partial charge < -0.3 is 36.6 Å². The third-order valence-corrected chi connectivity index (χ3v) is 10.5. The fourth-order valence-electron chi connectivity index (χ4n) is 7.47. The Hall–Kier alpha value is -3.64. The SMILES string of the molecule is C=C(C)[C@@H](COC(=O)NC(C)C)NC(=O)N[C@H](C(=O)N1C[C@H]2[C@@H]([C@H]1C(=O)NC(CC1CCC1)C(=O)C(N)=O)C2(C)C)C1CCCC1. The first kappa shape index (κ1) is 35.2. The van der Waals surface area contributed by atoms with E-state index in [1.54, 1.807) is 25.7 Å². The van der Waals surface area contributed by atoms with Crippen LogP contribution in [0.5, 0.6) is 0 Å². The van der Waals surface area contributed by atoms with Crippen LogP contribution in [-0.2, 0) is 23.9 Å². The molecule has 3 aliphatic carbocycles. The number of likely N-dealkylation sites (tertiary alicyclic amines) is 1. The molecule has 0 aromatic rings. The average Bonchev–Trinajstić information content (AvgIpc) is 3.39. The van der Waals surface area contributed by atoms with Crippen molar-refractivity contribution in [1.29, 1.82) is 0 Å². The molecular formula is C33H52N6O7. The summed E-state index contributed by atoms with van der Waals surface area (Å²) < 4.78 is 5.26. The van der Waals surface area contributed by atoms with E-state index >= 15 is 0 Å². The van der Waals surface area contributed by atoms with Gasteiger partial charge in [-0.05, 0) is 69.1 Å². The molecular weight excluding hydrogens is 592 g/mol. The molecule has 6 N–H and O–H groups in total. The number of piperidine rings is 1. The maximum absolute atomic E-state index is 14.3. The monoisotopic (exact) mass is 644 g/mol. The van der Waals surface area contributed by atoms with Gasteiger partial charge in [0.05, 0.1) is 12.1 Å². The molecule has 4 aliphatic rings. The van der Waals surface area contributed by atoms with Crippen molar-refractivity contribution in [2.45, 2.75) is 116 Å². The van der Waals surface area contributed by atoms with Crippen molar-refractivity contribution in [1.82, 2.24) is 26.2 Å². The van der Waals surface area contributed by atoms with Crippen LogP contribution < -0.4 is 27.0 Å². The van der Waals surface area contributed by atoms with Crippen LogP contribution in [0.2, 0.25) is 0 Å². The van der Waals surface area contributed by atoms with E-state index in [1.807, 2.05) is 0 Å². The molecule has 1 unspecified atom stereocenters. The largest absolute Gasteiger partial charge is 0.447 e. The summed E-state index contributed by atoms with van der Waals surface area (Å²) in [4.78, 5) is 79.7. The van der Waals surface area contributed by atoms with Crippen molar-refractivity contribution in [3.63, 3.8) is 0 Å². The molecule has 1 saturated heterocycles. The third kappa shape index (κ3) is 8.01. The van der Waals surface area contributed by atoms with Crippen molar-refractivity contribution in [3.8, 4) is 0 Å². The van der Waals surface area contributed by atoms with Crippen LogP contribution in [0.3, 0.4) is 0 Å². The minimum atomic E-state index is -1.09. The summed E-state index contributed by atoms with van der Waals surface area (Å²) in [6.07, 6.45) is 5.94. The maximum atomic E-state index is 14.3. The van der Waals surface area contributed by atoms with Gasteiger partial charge in [-0.2, -0.15) is 0 Å². The van der Waals surface area contributed by atoms with Gasteiger partial charge in [-0.1, -0.05) is 58.1 Å². The highest BCUT2D eigenvalue weighted by atomic mass is 16.5. The Labute approximate surface area is 271 Å². The molecule has 1 aliphatic heterocycles. The third-order valence-electron chi connectivity index (χ3n) is 10.5. The molecule has 1 heterocycles. The number of Topliss-reactive ketones (excluding diaryl/α,β-unsaturated/α-hetero) is 1. The summed E-state index contributed by atoms with van der Waals surface area (Å²) in [6.45, 7) is 13.6. The fraction of sp³-hybridized carbons (Fsp3) is 0.758. The van der Waals surface area contributed by atoms with Crippen molar-refractivity contribution < 1.29 is 33.5 Å². The molecule has 46 heavy (non-hydrogen) atoms. The minimum absolute atomic E-state index is 0.0871. The van der Waals surface area contributed by atoms with E-state index in [1.165, 1.54) is 0 Å². The Bertz CT molecular complexity index is 1220. The molecule has 256 valence electrons. The molecule has 4 rings (SSSR count). The number of urea groups is 1. The fourth-order valence-corrected chi connectivity index (χ4v) is 7.47.